The number of hydrogen-bond donors (Lipinski definition) is 1. The monoisotopic (exact) mass is 482 g/mol. The highest BCUT2D eigenvalue weighted by molar-refractivity contribution is 7.89. The fourth-order valence-electron chi connectivity index (χ4n) is 3.68. The van der Waals surface area contributed by atoms with E-state index >= 15 is 0 Å². The minimum Gasteiger partial charge on any atom is -0.354 e. The summed E-state index contributed by atoms with van der Waals surface area (Å²) in [5.41, 5.74) is 0.809. The van der Waals surface area contributed by atoms with Gasteiger partial charge in [0.15, 0.2) is 11.4 Å². The molecular formula is C21H24Cl2N4O3S. The van der Waals surface area contributed by atoms with Crippen LogP contribution in [0.4, 0.5) is 5.82 Å². The van der Waals surface area contributed by atoms with Crippen molar-refractivity contribution in [2.75, 3.05) is 44.2 Å². The Labute approximate surface area is 191 Å². The number of nitrogens with one attached hydrogen (secondary N) is 1. The Kier molecular flexibility index (Phi) is 7.03. The minimum absolute atomic E-state index is 0.124. The Morgan fingerprint density at radius 3 is 2.55 bits per heavy atom. The summed E-state index contributed by atoms with van der Waals surface area (Å²) in [5, 5.41) is 5.84. The predicted molar refractivity (Wildman–Crippen MR) is 124 cm³/mol. The number of piperazine rings is 1. The van der Waals surface area contributed by atoms with Crippen molar-refractivity contribution < 1.29 is 12.9 Å². The van der Waals surface area contributed by atoms with Gasteiger partial charge in [-0.05, 0) is 49.7 Å². The highest BCUT2D eigenvalue weighted by Crippen LogP contribution is 2.27. The van der Waals surface area contributed by atoms with Gasteiger partial charge in [-0.15, -0.1) is 0 Å². The lowest BCUT2D eigenvalue weighted by Gasteiger charge is -2.34. The first-order valence-corrected chi connectivity index (χ1v) is 12.4. The molecule has 2 aromatic carbocycles. The molecule has 0 bridgehead atoms. The smallest absolute Gasteiger partial charge is 0.240 e. The van der Waals surface area contributed by atoms with E-state index < -0.39 is 10.0 Å². The molecule has 0 radical (unpaired) electrons. The van der Waals surface area contributed by atoms with Crippen LogP contribution in [0.1, 0.15) is 12.8 Å². The van der Waals surface area contributed by atoms with Crippen molar-refractivity contribution in [1.82, 2.24) is 14.8 Å². The third kappa shape index (κ3) is 5.32. The van der Waals surface area contributed by atoms with Gasteiger partial charge in [-0.25, -0.2) is 13.1 Å². The molecule has 3 aromatic rings. The zero-order chi connectivity index (χ0) is 21.8. The quantitative estimate of drug-likeness (QED) is 0.488. The van der Waals surface area contributed by atoms with Crippen LogP contribution in [0.25, 0.3) is 11.0 Å². The number of anilines is 1. The van der Waals surface area contributed by atoms with E-state index in [2.05, 4.69) is 19.7 Å². The Hall–Kier alpha value is -1.84. The van der Waals surface area contributed by atoms with E-state index in [0.717, 1.165) is 62.4 Å². The van der Waals surface area contributed by atoms with Gasteiger partial charge < -0.3 is 9.42 Å². The van der Waals surface area contributed by atoms with Gasteiger partial charge in [0.1, 0.15) is 0 Å². The number of halogens is 2. The van der Waals surface area contributed by atoms with E-state index in [-0.39, 0.29) is 9.92 Å². The lowest BCUT2D eigenvalue weighted by Crippen LogP contribution is -2.46. The molecule has 0 spiro atoms. The van der Waals surface area contributed by atoms with Crippen molar-refractivity contribution in [3.8, 4) is 0 Å². The molecule has 4 rings (SSSR count). The minimum atomic E-state index is -3.58. The van der Waals surface area contributed by atoms with Gasteiger partial charge in [0, 0.05) is 32.7 Å². The summed E-state index contributed by atoms with van der Waals surface area (Å²) in [6.07, 6.45) is 1.67. The average molecular weight is 483 g/mol. The van der Waals surface area contributed by atoms with Crippen LogP contribution >= 0.6 is 23.2 Å². The summed E-state index contributed by atoms with van der Waals surface area (Å²) >= 11 is 11.8. The Balaban J connectivity index is 1.19. The maximum atomic E-state index is 12.4. The molecule has 31 heavy (non-hydrogen) atoms. The van der Waals surface area contributed by atoms with Crippen LogP contribution in [-0.2, 0) is 10.0 Å². The summed E-state index contributed by atoms with van der Waals surface area (Å²) in [7, 11) is -3.58. The number of para-hydroxylation sites is 1. The predicted octanol–water partition coefficient (Wildman–Crippen LogP) is 4.02. The second-order valence-electron chi connectivity index (χ2n) is 7.51. The van der Waals surface area contributed by atoms with Crippen molar-refractivity contribution >= 4 is 50.0 Å². The molecule has 1 aliphatic rings. The number of sulfonamides is 1. The van der Waals surface area contributed by atoms with Gasteiger partial charge in [-0.1, -0.05) is 40.5 Å². The Bertz CT molecular complexity index is 1140. The fourth-order valence-corrected chi connectivity index (χ4v) is 5.14. The number of hydrogen-bond acceptors (Lipinski definition) is 6. The van der Waals surface area contributed by atoms with Crippen molar-refractivity contribution in [3.05, 3.63) is 52.5 Å². The summed E-state index contributed by atoms with van der Waals surface area (Å²) < 4.78 is 32.8. The molecule has 1 saturated heterocycles. The lowest BCUT2D eigenvalue weighted by molar-refractivity contribution is 0.252. The van der Waals surface area contributed by atoms with Crippen molar-refractivity contribution in [1.29, 1.82) is 0 Å². The molecular weight excluding hydrogens is 459 g/mol. The fraction of sp³-hybridized carbons (Fsp3) is 0.381. The summed E-state index contributed by atoms with van der Waals surface area (Å²) in [6, 6.07) is 12.2. The van der Waals surface area contributed by atoms with Crippen LogP contribution < -0.4 is 9.62 Å². The molecule has 0 unspecified atom stereocenters. The van der Waals surface area contributed by atoms with E-state index in [1.807, 2.05) is 24.3 Å². The lowest BCUT2D eigenvalue weighted by atomic mass is 10.2. The molecule has 1 aromatic heterocycles. The van der Waals surface area contributed by atoms with Crippen LogP contribution in [0, 0.1) is 0 Å². The normalized spacial score (nSPS) is 15.6. The SMILES string of the molecule is O=S(=O)(NCCCCN1CCN(c2noc3ccccc23)CC1)c1ccc(Cl)c(Cl)c1. The number of rotatable bonds is 8. The molecule has 166 valence electrons. The zero-order valence-corrected chi connectivity index (χ0v) is 19.3. The van der Waals surface area contributed by atoms with Gasteiger partial charge in [-0.2, -0.15) is 0 Å². The first kappa shape index (κ1) is 22.4. The topological polar surface area (TPSA) is 78.7 Å². The van der Waals surface area contributed by atoms with Gasteiger partial charge in [-0.3, -0.25) is 4.90 Å². The molecule has 10 heteroatoms. The maximum absolute atomic E-state index is 12.4. The van der Waals surface area contributed by atoms with Crippen LogP contribution in [0.2, 0.25) is 10.0 Å². The van der Waals surface area contributed by atoms with E-state index in [1.165, 1.54) is 18.2 Å². The van der Waals surface area contributed by atoms with Crippen LogP contribution in [-0.4, -0.2) is 57.7 Å². The first-order valence-electron chi connectivity index (χ1n) is 10.2. The van der Waals surface area contributed by atoms with E-state index in [9.17, 15) is 8.42 Å². The third-order valence-corrected chi connectivity index (χ3v) is 7.62. The summed E-state index contributed by atoms with van der Waals surface area (Å²) in [6.45, 7) is 4.97. The largest absolute Gasteiger partial charge is 0.354 e. The molecule has 1 N–H and O–H groups in total. The Morgan fingerprint density at radius 2 is 1.77 bits per heavy atom. The molecule has 0 amide bonds. The molecule has 0 atom stereocenters. The number of unbranched alkanes of at least 4 members (excludes halogenated alkanes) is 1. The highest BCUT2D eigenvalue weighted by Gasteiger charge is 2.21. The molecule has 1 aliphatic heterocycles. The third-order valence-electron chi connectivity index (χ3n) is 5.42. The van der Waals surface area contributed by atoms with Gasteiger partial charge in [0.2, 0.25) is 10.0 Å². The molecule has 0 aliphatic carbocycles. The Morgan fingerprint density at radius 1 is 1.00 bits per heavy atom. The van der Waals surface area contributed by atoms with E-state index in [1.54, 1.807) is 0 Å². The summed E-state index contributed by atoms with van der Waals surface area (Å²) in [5.74, 6) is 0.909. The molecule has 0 saturated carbocycles. The van der Waals surface area contributed by atoms with Crippen LogP contribution in [0.5, 0.6) is 0 Å². The van der Waals surface area contributed by atoms with Crippen LogP contribution in [0.3, 0.4) is 0 Å². The second-order valence-corrected chi connectivity index (χ2v) is 10.1. The van der Waals surface area contributed by atoms with Gasteiger partial charge in [0.05, 0.1) is 20.3 Å². The van der Waals surface area contributed by atoms with Crippen molar-refractivity contribution in [2.24, 2.45) is 0 Å². The highest BCUT2D eigenvalue weighted by atomic mass is 35.5. The van der Waals surface area contributed by atoms with E-state index in [0.29, 0.717) is 11.6 Å². The number of aromatic nitrogens is 1. The van der Waals surface area contributed by atoms with E-state index in [4.69, 9.17) is 27.7 Å². The maximum Gasteiger partial charge on any atom is 0.240 e. The van der Waals surface area contributed by atoms with Crippen molar-refractivity contribution in [2.45, 2.75) is 17.7 Å². The van der Waals surface area contributed by atoms with Gasteiger partial charge in [0.25, 0.3) is 0 Å². The second kappa shape index (κ2) is 9.75. The first-order chi connectivity index (χ1) is 14.9. The van der Waals surface area contributed by atoms with Crippen LogP contribution in [0.15, 0.2) is 51.9 Å². The molecule has 7 nitrogen and oxygen atoms in total. The number of benzene rings is 2. The molecule has 1 fully saturated rings. The standard InChI is InChI=1S/C21H24Cl2N4O3S/c22-18-8-7-16(15-19(18)23)31(28,29)24-9-3-4-10-26-11-13-27(14-12-26)21-17-5-1-2-6-20(17)30-25-21/h1-2,5-8,15,24H,3-4,9-14H2. The zero-order valence-electron chi connectivity index (χ0n) is 16.9. The number of fused-ring (bicyclic) bond motifs is 1. The number of nitrogens with zero attached hydrogens (tertiary/aromatic N) is 3. The van der Waals surface area contributed by atoms with Gasteiger partial charge >= 0.3 is 0 Å². The summed E-state index contributed by atoms with van der Waals surface area (Å²) in [4.78, 5) is 4.78. The molecule has 2 heterocycles. The van der Waals surface area contributed by atoms with Crippen molar-refractivity contribution in [3.63, 3.8) is 0 Å². The average Bonchev–Trinajstić information content (AvgIpc) is 3.20.